The molecule has 0 amide bonds. The second-order valence-corrected chi connectivity index (χ2v) is 15.5. The summed E-state index contributed by atoms with van der Waals surface area (Å²) in [5, 5.41) is 0. The van der Waals surface area contributed by atoms with E-state index in [-0.39, 0.29) is 18.5 Å². The van der Waals surface area contributed by atoms with Crippen LogP contribution in [-0.4, -0.2) is 49.8 Å². The zero-order valence-corrected chi connectivity index (χ0v) is 33.9. The van der Waals surface area contributed by atoms with Gasteiger partial charge in [0, 0.05) is 18.4 Å². The summed E-state index contributed by atoms with van der Waals surface area (Å²) in [6.45, 7) is 6.05. The molecule has 1 rings (SSSR count). The number of benzene rings is 1. The van der Waals surface area contributed by atoms with Crippen LogP contribution in [0.25, 0.3) is 0 Å². The SMILES string of the molecule is CCCCCCCC/C=C/CCCCCCC(=O)OCC(C[N+](C)(C)Cc1ccccc1)OC(=O)CCCCCC/C=C/CCCCCCCC. The summed E-state index contributed by atoms with van der Waals surface area (Å²) in [4.78, 5) is 25.5. The number of rotatable bonds is 35. The second-order valence-electron chi connectivity index (χ2n) is 15.5. The van der Waals surface area contributed by atoms with Crippen molar-refractivity contribution in [3.63, 3.8) is 0 Å². The Hall–Kier alpha value is -2.40. The zero-order valence-electron chi connectivity index (χ0n) is 33.9. The molecule has 51 heavy (non-hydrogen) atoms. The first-order valence-electron chi connectivity index (χ1n) is 21.4. The number of likely N-dealkylation sites (N-methyl/N-ethyl adjacent to an activating group) is 1. The Morgan fingerprint density at radius 1 is 0.569 bits per heavy atom. The fourth-order valence-corrected chi connectivity index (χ4v) is 6.65. The van der Waals surface area contributed by atoms with Crippen LogP contribution in [0.3, 0.4) is 0 Å². The van der Waals surface area contributed by atoms with Crippen LogP contribution in [-0.2, 0) is 25.6 Å². The normalized spacial score (nSPS) is 12.5. The first-order chi connectivity index (χ1) is 24.9. The molecular formula is C46H80NO4+. The third-order valence-electron chi connectivity index (χ3n) is 9.67. The van der Waals surface area contributed by atoms with Crippen LogP contribution >= 0.6 is 0 Å². The van der Waals surface area contributed by atoms with E-state index in [1.54, 1.807) is 0 Å². The largest absolute Gasteiger partial charge is 0.461 e. The van der Waals surface area contributed by atoms with E-state index in [0.717, 1.165) is 57.9 Å². The molecule has 0 aliphatic heterocycles. The maximum Gasteiger partial charge on any atom is 0.306 e. The molecule has 1 aromatic rings. The fraction of sp³-hybridized carbons (Fsp3) is 0.739. The highest BCUT2D eigenvalue weighted by atomic mass is 16.6. The molecule has 0 aliphatic rings. The van der Waals surface area contributed by atoms with Crippen LogP contribution in [0.4, 0.5) is 0 Å². The van der Waals surface area contributed by atoms with Crippen molar-refractivity contribution in [2.24, 2.45) is 0 Å². The van der Waals surface area contributed by atoms with Crippen molar-refractivity contribution in [3.8, 4) is 0 Å². The number of unbranched alkanes of at least 4 members (excludes halogenated alkanes) is 20. The summed E-state index contributed by atoms with van der Waals surface area (Å²) >= 11 is 0. The average molecular weight is 711 g/mol. The van der Waals surface area contributed by atoms with E-state index >= 15 is 0 Å². The van der Waals surface area contributed by atoms with E-state index in [1.807, 2.05) is 6.07 Å². The van der Waals surface area contributed by atoms with Gasteiger partial charge in [0.2, 0.25) is 0 Å². The molecule has 0 saturated carbocycles. The molecule has 0 N–H and O–H groups in total. The maximum atomic E-state index is 12.9. The Bertz CT molecular complexity index is 1000. The number of quaternary nitrogens is 1. The van der Waals surface area contributed by atoms with Crippen molar-refractivity contribution in [2.45, 2.75) is 193 Å². The molecule has 0 bridgehead atoms. The molecule has 0 fully saturated rings. The van der Waals surface area contributed by atoms with E-state index in [1.165, 1.54) is 108 Å². The van der Waals surface area contributed by atoms with Crippen molar-refractivity contribution in [1.82, 2.24) is 0 Å². The fourth-order valence-electron chi connectivity index (χ4n) is 6.65. The van der Waals surface area contributed by atoms with Gasteiger partial charge in [-0.25, -0.2) is 0 Å². The lowest BCUT2D eigenvalue weighted by atomic mass is 10.1. The molecule has 5 nitrogen and oxygen atoms in total. The van der Waals surface area contributed by atoms with Crippen LogP contribution in [0.1, 0.15) is 186 Å². The van der Waals surface area contributed by atoms with Gasteiger partial charge in [-0.15, -0.1) is 0 Å². The second kappa shape index (κ2) is 33.4. The van der Waals surface area contributed by atoms with Gasteiger partial charge in [0.05, 0.1) is 14.1 Å². The Morgan fingerprint density at radius 3 is 1.45 bits per heavy atom. The van der Waals surface area contributed by atoms with Crippen molar-refractivity contribution >= 4 is 11.9 Å². The molecule has 1 unspecified atom stereocenters. The van der Waals surface area contributed by atoms with Gasteiger partial charge in [-0.05, 0) is 64.2 Å². The molecule has 1 aromatic carbocycles. The zero-order chi connectivity index (χ0) is 37.1. The lowest BCUT2D eigenvalue weighted by Crippen LogP contribution is -2.47. The van der Waals surface area contributed by atoms with Crippen LogP contribution in [0.2, 0.25) is 0 Å². The van der Waals surface area contributed by atoms with Gasteiger partial charge in [0.15, 0.2) is 6.10 Å². The van der Waals surface area contributed by atoms with Crippen LogP contribution < -0.4 is 0 Å². The third kappa shape index (κ3) is 30.9. The van der Waals surface area contributed by atoms with Crippen molar-refractivity contribution in [2.75, 3.05) is 27.2 Å². The number of hydrogen-bond donors (Lipinski definition) is 0. The molecular weight excluding hydrogens is 631 g/mol. The minimum Gasteiger partial charge on any atom is -0.461 e. The van der Waals surface area contributed by atoms with Gasteiger partial charge in [-0.3, -0.25) is 9.59 Å². The van der Waals surface area contributed by atoms with Crippen LogP contribution in [0, 0.1) is 0 Å². The van der Waals surface area contributed by atoms with Gasteiger partial charge in [-0.1, -0.05) is 158 Å². The highest BCUT2D eigenvalue weighted by Gasteiger charge is 2.27. The Balaban J connectivity index is 2.33. The molecule has 0 radical (unpaired) electrons. The molecule has 292 valence electrons. The van der Waals surface area contributed by atoms with Gasteiger partial charge in [-0.2, -0.15) is 0 Å². The van der Waals surface area contributed by atoms with Gasteiger partial charge >= 0.3 is 11.9 Å². The number of hydrogen-bond acceptors (Lipinski definition) is 4. The predicted octanol–water partition coefficient (Wildman–Crippen LogP) is 13.0. The molecule has 0 saturated heterocycles. The first-order valence-corrected chi connectivity index (χ1v) is 21.4. The monoisotopic (exact) mass is 711 g/mol. The number of carbonyl (C=O) groups excluding carboxylic acids is 2. The number of nitrogens with zero attached hydrogens (tertiary/aromatic N) is 1. The predicted molar refractivity (Wildman–Crippen MR) is 218 cm³/mol. The summed E-state index contributed by atoms with van der Waals surface area (Å²) in [5.41, 5.74) is 1.23. The number of allylic oxidation sites excluding steroid dienone is 4. The number of ether oxygens (including phenoxy) is 2. The number of esters is 2. The Kier molecular flexibility index (Phi) is 30.6. The van der Waals surface area contributed by atoms with Crippen LogP contribution in [0.15, 0.2) is 54.6 Å². The minimum absolute atomic E-state index is 0.121. The standard InChI is InChI=1S/C46H80NO4/c1-5-7-9-11-13-15-17-19-21-23-25-27-29-34-38-45(48)50-42-44(41-47(3,4)40-43-36-32-31-33-37-43)51-46(49)39-35-30-28-26-24-22-20-18-16-14-12-10-8-6-2/h19-22,31-33,36-37,44H,5-18,23-30,34-35,38-42H2,1-4H3/q+1/b21-19+,22-20+. The van der Waals surface area contributed by atoms with E-state index in [9.17, 15) is 9.59 Å². The molecule has 0 aliphatic carbocycles. The minimum atomic E-state index is -0.458. The quantitative estimate of drug-likeness (QED) is 0.0304. The highest BCUT2D eigenvalue weighted by molar-refractivity contribution is 5.70. The van der Waals surface area contributed by atoms with E-state index < -0.39 is 6.10 Å². The lowest BCUT2D eigenvalue weighted by Gasteiger charge is -2.33. The van der Waals surface area contributed by atoms with Crippen molar-refractivity contribution in [1.29, 1.82) is 0 Å². The highest BCUT2D eigenvalue weighted by Crippen LogP contribution is 2.15. The van der Waals surface area contributed by atoms with Gasteiger partial charge < -0.3 is 14.0 Å². The van der Waals surface area contributed by atoms with E-state index in [2.05, 4.69) is 76.5 Å². The van der Waals surface area contributed by atoms with Crippen molar-refractivity contribution in [3.05, 3.63) is 60.2 Å². The van der Waals surface area contributed by atoms with E-state index in [4.69, 9.17) is 9.47 Å². The van der Waals surface area contributed by atoms with Crippen LogP contribution in [0.5, 0.6) is 0 Å². The topological polar surface area (TPSA) is 52.6 Å². The summed E-state index contributed by atoms with van der Waals surface area (Å²) in [6, 6.07) is 10.4. The average Bonchev–Trinajstić information content (AvgIpc) is 3.11. The Labute approximate surface area is 315 Å². The van der Waals surface area contributed by atoms with Gasteiger partial charge in [0.1, 0.15) is 19.7 Å². The van der Waals surface area contributed by atoms with Gasteiger partial charge in [0.25, 0.3) is 0 Å². The molecule has 0 aromatic heterocycles. The summed E-state index contributed by atoms with van der Waals surface area (Å²) in [7, 11) is 4.28. The number of carbonyl (C=O) groups is 2. The summed E-state index contributed by atoms with van der Waals surface area (Å²) in [6.07, 6.45) is 38.9. The molecule has 0 spiro atoms. The third-order valence-corrected chi connectivity index (χ3v) is 9.67. The Morgan fingerprint density at radius 2 is 0.980 bits per heavy atom. The smallest absolute Gasteiger partial charge is 0.306 e. The maximum absolute atomic E-state index is 12.9. The summed E-state index contributed by atoms with van der Waals surface area (Å²) < 4.78 is 12.3. The molecule has 0 heterocycles. The lowest BCUT2D eigenvalue weighted by molar-refractivity contribution is -0.906. The first kappa shape index (κ1) is 46.6. The van der Waals surface area contributed by atoms with Crippen molar-refractivity contribution < 1.29 is 23.5 Å². The molecule has 1 atom stereocenters. The molecule has 5 heteroatoms. The summed E-state index contributed by atoms with van der Waals surface area (Å²) in [5.74, 6) is -0.375. The van der Waals surface area contributed by atoms with E-state index in [0.29, 0.717) is 23.9 Å².